The number of nitrogens with one attached hydrogen (secondary N) is 2. The van der Waals surface area contributed by atoms with Crippen LogP contribution in [0.4, 0.5) is 23.1 Å². The van der Waals surface area contributed by atoms with E-state index in [-0.39, 0.29) is 0 Å². The van der Waals surface area contributed by atoms with Crippen LogP contribution >= 0.6 is 11.6 Å². The van der Waals surface area contributed by atoms with E-state index in [4.69, 9.17) is 11.6 Å². The lowest BCUT2D eigenvalue weighted by Gasteiger charge is -2.21. The molecule has 27 heavy (non-hydrogen) atoms. The van der Waals surface area contributed by atoms with Crippen molar-refractivity contribution >= 4 is 34.7 Å². The van der Waals surface area contributed by atoms with E-state index in [1.807, 2.05) is 36.4 Å². The number of benzene rings is 2. The van der Waals surface area contributed by atoms with Crippen molar-refractivity contribution in [2.75, 3.05) is 28.6 Å². The molecule has 0 saturated carbocycles. The minimum atomic E-state index is 0.444. The van der Waals surface area contributed by atoms with E-state index in [1.165, 1.54) is 5.69 Å². The van der Waals surface area contributed by atoms with Gasteiger partial charge in [-0.25, -0.2) is 0 Å². The number of hydrogen-bond acceptors (Lipinski definition) is 6. The first kappa shape index (κ1) is 18.9. The fourth-order valence-electron chi connectivity index (χ4n) is 2.75. The predicted octanol–water partition coefficient (Wildman–Crippen LogP) is 4.73. The van der Waals surface area contributed by atoms with E-state index in [1.54, 1.807) is 6.20 Å². The molecule has 0 aliphatic heterocycles. The Balaban J connectivity index is 1.64. The van der Waals surface area contributed by atoms with Crippen LogP contribution < -0.4 is 15.5 Å². The molecular formula is C20H23ClN6. The highest BCUT2D eigenvalue weighted by Crippen LogP contribution is 2.21. The van der Waals surface area contributed by atoms with Crippen molar-refractivity contribution in [2.45, 2.75) is 20.4 Å². The number of halogens is 1. The topological polar surface area (TPSA) is 66.0 Å². The first-order valence-electron chi connectivity index (χ1n) is 8.98. The molecule has 3 rings (SSSR count). The maximum absolute atomic E-state index is 6.17. The highest BCUT2D eigenvalue weighted by molar-refractivity contribution is 6.31. The van der Waals surface area contributed by atoms with Crippen LogP contribution in [0.5, 0.6) is 0 Å². The van der Waals surface area contributed by atoms with Gasteiger partial charge >= 0.3 is 0 Å². The number of aromatic nitrogens is 3. The monoisotopic (exact) mass is 382 g/mol. The summed E-state index contributed by atoms with van der Waals surface area (Å²) in [7, 11) is 0. The first-order valence-corrected chi connectivity index (χ1v) is 9.36. The maximum atomic E-state index is 6.17. The van der Waals surface area contributed by atoms with E-state index in [9.17, 15) is 0 Å². The third-order valence-electron chi connectivity index (χ3n) is 4.22. The molecule has 1 aromatic heterocycles. The molecule has 1 heterocycles. The zero-order valence-corrected chi connectivity index (χ0v) is 16.2. The Bertz CT molecular complexity index is 864. The van der Waals surface area contributed by atoms with Gasteiger partial charge in [-0.2, -0.15) is 10.1 Å². The van der Waals surface area contributed by atoms with Crippen LogP contribution in [0, 0.1) is 0 Å². The smallest absolute Gasteiger partial charge is 0.244 e. The lowest BCUT2D eigenvalue weighted by molar-refractivity contribution is 0.866. The summed E-state index contributed by atoms with van der Waals surface area (Å²) in [6.45, 7) is 6.81. The SMILES string of the molecule is CCN(CC)c1ccc(Nc2cnnc(NCc3ccccc3Cl)n2)cc1. The Morgan fingerprint density at radius 1 is 1.00 bits per heavy atom. The molecule has 0 fully saturated rings. The summed E-state index contributed by atoms with van der Waals surface area (Å²) < 4.78 is 0. The predicted molar refractivity (Wildman–Crippen MR) is 112 cm³/mol. The molecule has 0 unspecified atom stereocenters. The minimum absolute atomic E-state index is 0.444. The van der Waals surface area contributed by atoms with E-state index in [2.05, 4.69) is 56.7 Å². The molecule has 0 atom stereocenters. The second-order valence-electron chi connectivity index (χ2n) is 5.95. The molecule has 0 saturated heterocycles. The Morgan fingerprint density at radius 2 is 1.74 bits per heavy atom. The van der Waals surface area contributed by atoms with E-state index in [0.717, 1.165) is 24.3 Å². The van der Waals surface area contributed by atoms with Crippen LogP contribution in [0.1, 0.15) is 19.4 Å². The van der Waals surface area contributed by atoms with Gasteiger partial charge < -0.3 is 15.5 Å². The zero-order valence-electron chi connectivity index (χ0n) is 15.5. The highest BCUT2D eigenvalue weighted by Gasteiger charge is 2.05. The van der Waals surface area contributed by atoms with Gasteiger partial charge in [-0.15, -0.1) is 5.10 Å². The van der Waals surface area contributed by atoms with Crippen molar-refractivity contribution in [3.63, 3.8) is 0 Å². The van der Waals surface area contributed by atoms with Gasteiger partial charge in [0.05, 0.1) is 6.20 Å². The van der Waals surface area contributed by atoms with Crippen molar-refractivity contribution in [2.24, 2.45) is 0 Å². The molecule has 0 bridgehead atoms. The maximum Gasteiger partial charge on any atom is 0.244 e. The third-order valence-corrected chi connectivity index (χ3v) is 4.59. The Labute approximate surface area is 164 Å². The molecule has 140 valence electrons. The standard InChI is InChI=1S/C20H23ClN6/c1-3-27(4-2)17-11-9-16(10-12-17)24-19-14-23-26-20(25-19)22-13-15-7-5-6-8-18(15)21/h5-12,14H,3-4,13H2,1-2H3,(H2,22,24,25,26). The number of nitrogens with zero attached hydrogens (tertiary/aromatic N) is 4. The molecule has 2 aromatic carbocycles. The van der Waals surface area contributed by atoms with Gasteiger partial charge in [-0.05, 0) is 49.7 Å². The molecule has 0 spiro atoms. The van der Waals surface area contributed by atoms with Crippen molar-refractivity contribution in [3.05, 3.63) is 65.3 Å². The van der Waals surface area contributed by atoms with Crippen LogP contribution in [0.2, 0.25) is 5.02 Å². The van der Waals surface area contributed by atoms with E-state index >= 15 is 0 Å². The molecule has 0 amide bonds. The lowest BCUT2D eigenvalue weighted by Crippen LogP contribution is -2.21. The van der Waals surface area contributed by atoms with Gasteiger partial charge in [0.15, 0.2) is 5.82 Å². The largest absolute Gasteiger partial charge is 0.372 e. The average molecular weight is 383 g/mol. The van der Waals surface area contributed by atoms with Gasteiger partial charge in [0.25, 0.3) is 0 Å². The quantitative estimate of drug-likeness (QED) is 0.587. The molecule has 7 heteroatoms. The average Bonchev–Trinajstić information content (AvgIpc) is 2.70. The number of hydrogen-bond donors (Lipinski definition) is 2. The van der Waals surface area contributed by atoms with Gasteiger partial charge in [-0.3, -0.25) is 0 Å². The number of anilines is 4. The van der Waals surface area contributed by atoms with Crippen LogP contribution in [0.25, 0.3) is 0 Å². The van der Waals surface area contributed by atoms with Crippen molar-refractivity contribution in [3.8, 4) is 0 Å². The van der Waals surface area contributed by atoms with E-state index < -0.39 is 0 Å². The Kier molecular flexibility index (Phi) is 6.44. The van der Waals surface area contributed by atoms with Crippen molar-refractivity contribution in [1.29, 1.82) is 0 Å². The third kappa shape index (κ3) is 5.08. The van der Waals surface area contributed by atoms with Crippen LogP contribution in [0.3, 0.4) is 0 Å². The van der Waals surface area contributed by atoms with Crippen LogP contribution in [-0.2, 0) is 6.54 Å². The van der Waals surface area contributed by atoms with Gasteiger partial charge in [0.1, 0.15) is 0 Å². The summed E-state index contributed by atoms with van der Waals surface area (Å²) in [6.07, 6.45) is 1.60. The van der Waals surface area contributed by atoms with Gasteiger partial charge in [-0.1, -0.05) is 29.8 Å². The second kappa shape index (κ2) is 9.19. The molecule has 2 N–H and O–H groups in total. The highest BCUT2D eigenvalue weighted by atomic mass is 35.5. The molecule has 0 aliphatic rings. The molecule has 3 aromatic rings. The summed E-state index contributed by atoms with van der Waals surface area (Å²) in [4.78, 5) is 6.75. The Hall–Kier alpha value is -2.86. The summed E-state index contributed by atoms with van der Waals surface area (Å²) in [5.41, 5.74) is 3.13. The minimum Gasteiger partial charge on any atom is -0.372 e. The van der Waals surface area contributed by atoms with Gasteiger partial charge in [0, 0.05) is 36.0 Å². The Morgan fingerprint density at radius 3 is 2.44 bits per heavy atom. The fraction of sp³-hybridized carbons (Fsp3) is 0.250. The summed E-state index contributed by atoms with van der Waals surface area (Å²) in [5, 5.41) is 15.2. The van der Waals surface area contributed by atoms with Crippen molar-refractivity contribution in [1.82, 2.24) is 15.2 Å². The fourth-order valence-corrected chi connectivity index (χ4v) is 2.95. The summed E-state index contributed by atoms with van der Waals surface area (Å²) >= 11 is 6.17. The van der Waals surface area contributed by atoms with Crippen LogP contribution in [0.15, 0.2) is 54.7 Å². The summed E-state index contributed by atoms with van der Waals surface area (Å²) in [6, 6.07) is 15.9. The lowest BCUT2D eigenvalue weighted by atomic mass is 10.2. The molecule has 6 nitrogen and oxygen atoms in total. The number of rotatable bonds is 8. The van der Waals surface area contributed by atoms with E-state index in [0.29, 0.717) is 23.3 Å². The van der Waals surface area contributed by atoms with Crippen LogP contribution in [-0.4, -0.2) is 28.3 Å². The normalized spacial score (nSPS) is 10.5. The summed E-state index contributed by atoms with van der Waals surface area (Å²) in [5.74, 6) is 1.07. The van der Waals surface area contributed by atoms with Gasteiger partial charge in [0.2, 0.25) is 5.95 Å². The zero-order chi connectivity index (χ0) is 19.1. The second-order valence-corrected chi connectivity index (χ2v) is 6.36. The molecule has 0 radical (unpaired) electrons. The first-order chi connectivity index (χ1) is 13.2. The molecule has 0 aliphatic carbocycles. The molecular weight excluding hydrogens is 360 g/mol. The van der Waals surface area contributed by atoms with Crippen molar-refractivity contribution < 1.29 is 0 Å².